The zero-order valence-corrected chi connectivity index (χ0v) is 12.3. The molecule has 116 valence electrons. The first-order valence-corrected chi connectivity index (χ1v) is 7.03. The van der Waals surface area contributed by atoms with E-state index in [9.17, 15) is 4.79 Å². The van der Waals surface area contributed by atoms with E-state index in [0.29, 0.717) is 35.9 Å². The standard InChI is InChI=1S/C14H18N6O2/c1-22-11-7-10(8(15)6-9(11)16)18-12-13(17)19-4-2-3-5-20(19)14(12)21/h6-7,17H,2-5,15-16H2,1H3. The molecule has 0 radical (unpaired) electrons. The van der Waals surface area contributed by atoms with E-state index < -0.39 is 0 Å². The maximum absolute atomic E-state index is 12.4. The van der Waals surface area contributed by atoms with Crippen LogP contribution in [-0.2, 0) is 4.79 Å². The van der Waals surface area contributed by atoms with Crippen molar-refractivity contribution in [3.63, 3.8) is 0 Å². The molecule has 2 heterocycles. The van der Waals surface area contributed by atoms with Crippen LogP contribution in [0, 0.1) is 5.41 Å². The van der Waals surface area contributed by atoms with Crippen LogP contribution in [0.5, 0.6) is 5.75 Å². The highest BCUT2D eigenvalue weighted by Gasteiger charge is 2.40. The number of carbonyl (C=O) groups is 1. The van der Waals surface area contributed by atoms with Gasteiger partial charge in [0.15, 0.2) is 11.5 Å². The van der Waals surface area contributed by atoms with Gasteiger partial charge in [-0.1, -0.05) is 0 Å². The van der Waals surface area contributed by atoms with Gasteiger partial charge in [-0.2, -0.15) is 0 Å². The maximum atomic E-state index is 12.4. The van der Waals surface area contributed by atoms with Gasteiger partial charge in [0.2, 0.25) is 0 Å². The Bertz CT molecular complexity index is 658. The SMILES string of the molecule is COc1cc(N=C2C(=N)N3CCCCN3C2=O)c(N)cc1N. The predicted molar refractivity (Wildman–Crippen MR) is 84.3 cm³/mol. The van der Waals surface area contributed by atoms with Crippen LogP contribution in [0.15, 0.2) is 17.1 Å². The molecule has 8 heteroatoms. The molecule has 0 bridgehead atoms. The van der Waals surface area contributed by atoms with Gasteiger partial charge in [0, 0.05) is 19.2 Å². The molecule has 0 unspecified atom stereocenters. The van der Waals surface area contributed by atoms with E-state index in [2.05, 4.69) is 4.99 Å². The summed E-state index contributed by atoms with van der Waals surface area (Å²) in [6, 6.07) is 3.11. The van der Waals surface area contributed by atoms with Crippen molar-refractivity contribution in [2.24, 2.45) is 4.99 Å². The molecule has 2 aliphatic heterocycles. The van der Waals surface area contributed by atoms with Crippen molar-refractivity contribution >= 4 is 34.5 Å². The van der Waals surface area contributed by atoms with Gasteiger partial charge in [0.05, 0.1) is 24.2 Å². The largest absolute Gasteiger partial charge is 0.495 e. The number of nitrogen functional groups attached to an aromatic ring is 2. The minimum absolute atomic E-state index is 0.0976. The Hall–Kier alpha value is -2.77. The van der Waals surface area contributed by atoms with Crippen LogP contribution in [0.25, 0.3) is 0 Å². The lowest BCUT2D eigenvalue weighted by molar-refractivity contribution is -0.134. The summed E-state index contributed by atoms with van der Waals surface area (Å²) in [5.41, 5.74) is 12.9. The first-order chi connectivity index (χ1) is 10.5. The average molecular weight is 302 g/mol. The third-order valence-electron chi connectivity index (χ3n) is 3.81. The minimum Gasteiger partial charge on any atom is -0.495 e. The van der Waals surface area contributed by atoms with Crippen molar-refractivity contribution in [2.45, 2.75) is 12.8 Å². The molecule has 0 spiro atoms. The number of hydrogen-bond acceptors (Lipinski definition) is 6. The lowest BCUT2D eigenvalue weighted by atomic mass is 10.2. The van der Waals surface area contributed by atoms with E-state index in [0.717, 1.165) is 12.8 Å². The second-order valence-electron chi connectivity index (χ2n) is 5.22. The first-order valence-electron chi connectivity index (χ1n) is 7.03. The number of anilines is 2. The van der Waals surface area contributed by atoms with Crippen molar-refractivity contribution in [1.82, 2.24) is 10.0 Å². The van der Waals surface area contributed by atoms with Gasteiger partial charge < -0.3 is 16.2 Å². The smallest absolute Gasteiger partial charge is 0.294 e. The summed E-state index contributed by atoms with van der Waals surface area (Å²) in [5, 5.41) is 11.4. The summed E-state index contributed by atoms with van der Waals surface area (Å²) in [6.45, 7) is 1.27. The van der Waals surface area contributed by atoms with E-state index in [4.69, 9.17) is 21.6 Å². The number of carbonyl (C=O) groups excluding carboxylic acids is 1. The Kier molecular flexibility index (Phi) is 3.36. The number of ether oxygens (including phenoxy) is 1. The van der Waals surface area contributed by atoms with Crippen molar-refractivity contribution in [3.8, 4) is 5.75 Å². The van der Waals surface area contributed by atoms with Crippen LogP contribution >= 0.6 is 0 Å². The quantitative estimate of drug-likeness (QED) is 0.696. The number of methoxy groups -OCH3 is 1. The zero-order valence-electron chi connectivity index (χ0n) is 12.3. The van der Waals surface area contributed by atoms with Crippen molar-refractivity contribution in [2.75, 3.05) is 31.7 Å². The Labute approximate surface area is 127 Å². The average Bonchev–Trinajstić information content (AvgIpc) is 2.75. The number of nitrogens with zero attached hydrogens (tertiary/aromatic N) is 3. The normalized spacial score (nSPS) is 19.8. The van der Waals surface area contributed by atoms with Gasteiger partial charge >= 0.3 is 0 Å². The highest BCUT2D eigenvalue weighted by Crippen LogP contribution is 2.34. The Morgan fingerprint density at radius 3 is 2.50 bits per heavy atom. The van der Waals surface area contributed by atoms with Crippen molar-refractivity contribution in [3.05, 3.63) is 12.1 Å². The summed E-state index contributed by atoms with van der Waals surface area (Å²) >= 11 is 0. The Balaban J connectivity index is 2.01. The van der Waals surface area contributed by atoms with Gasteiger partial charge in [-0.3, -0.25) is 15.2 Å². The van der Waals surface area contributed by atoms with Crippen LogP contribution in [0.2, 0.25) is 0 Å². The van der Waals surface area contributed by atoms with Crippen LogP contribution in [0.4, 0.5) is 17.1 Å². The van der Waals surface area contributed by atoms with Gasteiger partial charge in [0.1, 0.15) is 5.75 Å². The summed E-state index contributed by atoms with van der Waals surface area (Å²) in [7, 11) is 1.49. The fourth-order valence-electron chi connectivity index (χ4n) is 2.65. The number of amides is 1. The zero-order chi connectivity index (χ0) is 15.9. The second-order valence-corrected chi connectivity index (χ2v) is 5.22. The van der Waals surface area contributed by atoms with Gasteiger partial charge in [0.25, 0.3) is 5.91 Å². The lowest BCUT2D eigenvalue weighted by Gasteiger charge is -2.32. The summed E-state index contributed by atoms with van der Waals surface area (Å²) in [6.07, 6.45) is 1.89. The predicted octanol–water partition coefficient (Wildman–Crippen LogP) is 0.762. The molecular formula is C14H18N6O2. The Morgan fingerprint density at radius 2 is 1.86 bits per heavy atom. The number of amidine groups is 1. The molecule has 8 nitrogen and oxygen atoms in total. The van der Waals surface area contributed by atoms with E-state index >= 15 is 0 Å². The second kappa shape index (κ2) is 5.21. The van der Waals surface area contributed by atoms with Gasteiger partial charge in [-0.05, 0) is 18.9 Å². The van der Waals surface area contributed by atoms with E-state index in [-0.39, 0.29) is 17.5 Å². The summed E-state index contributed by atoms with van der Waals surface area (Å²) < 4.78 is 5.14. The molecule has 0 atom stereocenters. The number of fused-ring (bicyclic) bond motifs is 1. The molecule has 0 saturated carbocycles. The number of aliphatic imine (C=N–C) groups is 1. The number of rotatable bonds is 2. The molecule has 1 aromatic rings. The molecule has 2 fully saturated rings. The number of hydrazine groups is 1. The van der Waals surface area contributed by atoms with Crippen molar-refractivity contribution in [1.29, 1.82) is 5.41 Å². The monoisotopic (exact) mass is 302 g/mol. The summed E-state index contributed by atoms with van der Waals surface area (Å²) in [4.78, 5) is 16.7. The molecule has 2 saturated heterocycles. The number of nitrogens with one attached hydrogen (secondary N) is 1. The fourth-order valence-corrected chi connectivity index (χ4v) is 2.65. The fraction of sp³-hybridized carbons (Fsp3) is 0.357. The van der Waals surface area contributed by atoms with Gasteiger partial charge in [-0.25, -0.2) is 10.0 Å². The highest BCUT2D eigenvalue weighted by atomic mass is 16.5. The van der Waals surface area contributed by atoms with Crippen molar-refractivity contribution < 1.29 is 9.53 Å². The molecule has 0 aliphatic carbocycles. The molecule has 1 aromatic carbocycles. The van der Waals surface area contributed by atoms with Crippen LogP contribution in [0.3, 0.4) is 0 Å². The number of hydrogen-bond donors (Lipinski definition) is 3. The topological polar surface area (TPSA) is 121 Å². The lowest BCUT2D eigenvalue weighted by Crippen LogP contribution is -2.45. The highest BCUT2D eigenvalue weighted by molar-refractivity contribution is 6.68. The van der Waals surface area contributed by atoms with E-state index in [1.165, 1.54) is 13.2 Å². The van der Waals surface area contributed by atoms with Crippen LogP contribution in [0.1, 0.15) is 12.8 Å². The number of nitrogens with two attached hydrogens (primary N) is 2. The summed E-state index contributed by atoms with van der Waals surface area (Å²) in [5.74, 6) is 0.281. The maximum Gasteiger partial charge on any atom is 0.294 e. The molecule has 0 aromatic heterocycles. The van der Waals surface area contributed by atoms with E-state index in [1.54, 1.807) is 16.1 Å². The molecule has 2 aliphatic rings. The van der Waals surface area contributed by atoms with E-state index in [1.807, 2.05) is 0 Å². The molecule has 3 rings (SSSR count). The van der Waals surface area contributed by atoms with Crippen LogP contribution in [-0.4, -0.2) is 47.7 Å². The molecule has 5 N–H and O–H groups in total. The first kappa shape index (κ1) is 14.2. The molecule has 22 heavy (non-hydrogen) atoms. The van der Waals surface area contributed by atoms with Crippen LogP contribution < -0.4 is 16.2 Å². The molecular weight excluding hydrogens is 284 g/mol. The number of benzene rings is 1. The third kappa shape index (κ3) is 2.12. The van der Waals surface area contributed by atoms with Gasteiger partial charge in [-0.15, -0.1) is 0 Å². The molecule has 1 amide bonds. The minimum atomic E-state index is -0.264. The Morgan fingerprint density at radius 1 is 1.18 bits per heavy atom. The third-order valence-corrected chi connectivity index (χ3v) is 3.81.